The Morgan fingerprint density at radius 2 is 1.86 bits per heavy atom. The number of carbonyl (C=O) groups is 1. The maximum Gasteiger partial charge on any atom is 0.410 e. The molecule has 0 unspecified atom stereocenters. The van der Waals surface area contributed by atoms with Crippen LogP contribution in [0.1, 0.15) is 39.0 Å². The summed E-state index contributed by atoms with van der Waals surface area (Å²) in [5.41, 5.74) is 1.77. The zero-order valence-corrected chi connectivity index (χ0v) is 14.2. The number of aromatic nitrogens is 2. The fourth-order valence-electron chi connectivity index (χ4n) is 2.60. The number of anilines is 1. The molecule has 1 aliphatic rings. The molecular formula is C16H26N4O2. The van der Waals surface area contributed by atoms with E-state index in [0.29, 0.717) is 13.1 Å². The highest BCUT2D eigenvalue weighted by atomic mass is 16.6. The minimum absolute atomic E-state index is 0.235. The van der Waals surface area contributed by atoms with Crippen LogP contribution in [0.4, 0.5) is 10.6 Å². The summed E-state index contributed by atoms with van der Waals surface area (Å²) in [7, 11) is 0. The van der Waals surface area contributed by atoms with Gasteiger partial charge in [0, 0.05) is 37.4 Å². The first-order chi connectivity index (χ1) is 10.3. The first-order valence-electron chi connectivity index (χ1n) is 7.85. The van der Waals surface area contributed by atoms with Crippen LogP contribution in [-0.2, 0) is 11.2 Å². The zero-order valence-electron chi connectivity index (χ0n) is 14.2. The molecule has 0 saturated carbocycles. The fourth-order valence-corrected chi connectivity index (χ4v) is 2.60. The molecule has 0 atom stereocenters. The quantitative estimate of drug-likeness (QED) is 0.840. The van der Waals surface area contributed by atoms with Crippen LogP contribution < -0.4 is 4.90 Å². The van der Waals surface area contributed by atoms with Crippen LogP contribution in [0.3, 0.4) is 0 Å². The first-order valence-corrected chi connectivity index (χ1v) is 7.85. The van der Waals surface area contributed by atoms with Crippen molar-refractivity contribution in [2.75, 3.05) is 31.1 Å². The Bertz CT molecular complexity index is 531. The van der Waals surface area contributed by atoms with Gasteiger partial charge in [-0.1, -0.05) is 6.92 Å². The second-order valence-corrected chi connectivity index (χ2v) is 6.57. The minimum atomic E-state index is -0.451. The Hall–Kier alpha value is -1.85. The molecule has 1 saturated heterocycles. The predicted molar refractivity (Wildman–Crippen MR) is 86.2 cm³/mol. The second kappa shape index (κ2) is 6.50. The highest BCUT2D eigenvalue weighted by Gasteiger charge is 2.27. The van der Waals surface area contributed by atoms with E-state index in [9.17, 15) is 4.79 Å². The van der Waals surface area contributed by atoms with Crippen LogP contribution in [0.15, 0.2) is 6.33 Å². The van der Waals surface area contributed by atoms with E-state index in [1.165, 1.54) is 5.56 Å². The van der Waals surface area contributed by atoms with Gasteiger partial charge in [0.2, 0.25) is 0 Å². The monoisotopic (exact) mass is 306 g/mol. The highest BCUT2D eigenvalue weighted by Crippen LogP contribution is 2.22. The van der Waals surface area contributed by atoms with Gasteiger partial charge in [-0.15, -0.1) is 0 Å². The predicted octanol–water partition coefficient (Wildman–Crippen LogP) is 2.40. The summed E-state index contributed by atoms with van der Waals surface area (Å²) < 4.78 is 5.42. The average molecular weight is 306 g/mol. The molecule has 2 heterocycles. The summed E-state index contributed by atoms with van der Waals surface area (Å²) in [6, 6.07) is 0. The van der Waals surface area contributed by atoms with E-state index in [2.05, 4.69) is 21.8 Å². The van der Waals surface area contributed by atoms with Crippen molar-refractivity contribution < 1.29 is 9.53 Å². The summed E-state index contributed by atoms with van der Waals surface area (Å²) in [4.78, 5) is 24.8. The maximum absolute atomic E-state index is 12.1. The van der Waals surface area contributed by atoms with Gasteiger partial charge in [-0.2, -0.15) is 0 Å². The third-order valence-corrected chi connectivity index (χ3v) is 3.72. The lowest BCUT2D eigenvalue weighted by Crippen LogP contribution is -2.50. The first kappa shape index (κ1) is 16.5. The van der Waals surface area contributed by atoms with E-state index in [-0.39, 0.29) is 6.09 Å². The average Bonchev–Trinajstić information content (AvgIpc) is 2.45. The van der Waals surface area contributed by atoms with Crippen molar-refractivity contribution in [1.82, 2.24) is 14.9 Å². The molecule has 0 spiro atoms. The molecule has 0 bridgehead atoms. The minimum Gasteiger partial charge on any atom is -0.444 e. The summed E-state index contributed by atoms with van der Waals surface area (Å²) in [6.45, 7) is 12.6. The number of nitrogens with zero attached hydrogens (tertiary/aromatic N) is 4. The maximum atomic E-state index is 12.1. The number of amides is 1. The van der Waals surface area contributed by atoms with Crippen LogP contribution >= 0.6 is 0 Å². The van der Waals surface area contributed by atoms with Crippen molar-refractivity contribution in [3.05, 3.63) is 17.6 Å². The summed E-state index contributed by atoms with van der Waals surface area (Å²) in [5, 5.41) is 0. The molecule has 1 aromatic heterocycles. The summed E-state index contributed by atoms with van der Waals surface area (Å²) in [6.07, 6.45) is 2.29. The van der Waals surface area contributed by atoms with Gasteiger partial charge < -0.3 is 14.5 Å². The van der Waals surface area contributed by atoms with Gasteiger partial charge in [0.1, 0.15) is 17.7 Å². The topological polar surface area (TPSA) is 58.6 Å². The van der Waals surface area contributed by atoms with Gasteiger partial charge in [0.25, 0.3) is 0 Å². The number of piperazine rings is 1. The van der Waals surface area contributed by atoms with Gasteiger partial charge in [-0.25, -0.2) is 14.8 Å². The van der Waals surface area contributed by atoms with E-state index in [0.717, 1.165) is 31.0 Å². The van der Waals surface area contributed by atoms with Gasteiger partial charge in [0.15, 0.2) is 0 Å². The van der Waals surface area contributed by atoms with E-state index < -0.39 is 5.60 Å². The fraction of sp³-hybridized carbons (Fsp3) is 0.688. The zero-order chi connectivity index (χ0) is 16.3. The van der Waals surface area contributed by atoms with Crippen LogP contribution in [-0.4, -0.2) is 52.7 Å². The van der Waals surface area contributed by atoms with E-state index in [1.807, 2.05) is 27.7 Å². The van der Waals surface area contributed by atoms with Gasteiger partial charge in [0.05, 0.1) is 0 Å². The molecule has 22 heavy (non-hydrogen) atoms. The normalized spacial score (nSPS) is 15.9. The Balaban J connectivity index is 2.01. The number of hydrogen-bond acceptors (Lipinski definition) is 5. The van der Waals surface area contributed by atoms with Gasteiger partial charge in [-0.3, -0.25) is 0 Å². The van der Waals surface area contributed by atoms with Crippen molar-refractivity contribution in [3.8, 4) is 0 Å². The largest absolute Gasteiger partial charge is 0.444 e. The molecule has 0 aliphatic carbocycles. The SMILES string of the molecule is CCc1c(C)ncnc1N1CCN(C(=O)OC(C)(C)C)CC1. The lowest BCUT2D eigenvalue weighted by molar-refractivity contribution is 0.0240. The Kier molecular flexibility index (Phi) is 4.88. The lowest BCUT2D eigenvalue weighted by Gasteiger charge is -2.36. The third kappa shape index (κ3) is 3.87. The third-order valence-electron chi connectivity index (χ3n) is 3.72. The standard InChI is InChI=1S/C16H26N4O2/c1-6-13-12(2)17-11-18-14(13)19-7-9-20(10-8-19)15(21)22-16(3,4)5/h11H,6-10H2,1-5H3. The molecule has 6 heteroatoms. The molecule has 0 radical (unpaired) electrons. The van der Waals surface area contributed by atoms with Crippen LogP contribution in [0, 0.1) is 6.92 Å². The number of rotatable bonds is 2. The summed E-state index contributed by atoms with van der Waals surface area (Å²) in [5.74, 6) is 0.999. The lowest BCUT2D eigenvalue weighted by atomic mass is 10.1. The van der Waals surface area contributed by atoms with Crippen molar-refractivity contribution in [2.45, 2.75) is 46.6 Å². The van der Waals surface area contributed by atoms with Crippen molar-refractivity contribution in [2.24, 2.45) is 0 Å². The van der Waals surface area contributed by atoms with Crippen LogP contribution in [0.5, 0.6) is 0 Å². The molecule has 1 aromatic rings. The number of carbonyl (C=O) groups excluding carboxylic acids is 1. The van der Waals surface area contributed by atoms with Crippen molar-refractivity contribution >= 4 is 11.9 Å². The molecule has 2 rings (SSSR count). The molecule has 122 valence electrons. The van der Waals surface area contributed by atoms with E-state index >= 15 is 0 Å². The molecule has 1 amide bonds. The van der Waals surface area contributed by atoms with Crippen molar-refractivity contribution in [1.29, 1.82) is 0 Å². The smallest absolute Gasteiger partial charge is 0.410 e. The van der Waals surface area contributed by atoms with Gasteiger partial charge >= 0.3 is 6.09 Å². The van der Waals surface area contributed by atoms with Gasteiger partial charge in [-0.05, 0) is 34.1 Å². The molecule has 1 fully saturated rings. The highest BCUT2D eigenvalue weighted by molar-refractivity contribution is 5.68. The van der Waals surface area contributed by atoms with E-state index in [4.69, 9.17) is 4.74 Å². The van der Waals surface area contributed by atoms with Crippen molar-refractivity contribution in [3.63, 3.8) is 0 Å². The molecule has 6 nitrogen and oxygen atoms in total. The molecular weight excluding hydrogens is 280 g/mol. The number of aryl methyl sites for hydroxylation is 1. The van der Waals surface area contributed by atoms with Crippen LogP contribution in [0.2, 0.25) is 0 Å². The second-order valence-electron chi connectivity index (χ2n) is 6.57. The van der Waals surface area contributed by atoms with Crippen LogP contribution in [0.25, 0.3) is 0 Å². The Labute approximate surface area is 132 Å². The van der Waals surface area contributed by atoms with E-state index in [1.54, 1.807) is 11.2 Å². The molecule has 1 aliphatic heterocycles. The Morgan fingerprint density at radius 3 is 2.41 bits per heavy atom. The number of ether oxygens (including phenoxy) is 1. The number of hydrogen-bond donors (Lipinski definition) is 0. The molecule has 0 N–H and O–H groups in total. The Morgan fingerprint density at radius 1 is 1.23 bits per heavy atom. The molecule has 0 aromatic carbocycles. The summed E-state index contributed by atoms with van der Waals surface area (Å²) >= 11 is 0.